The molecule has 0 aliphatic heterocycles. The van der Waals surface area contributed by atoms with Gasteiger partial charge in [0.15, 0.2) is 0 Å². The van der Waals surface area contributed by atoms with Crippen LogP contribution in [0.15, 0.2) is 104 Å². The molecule has 0 radical (unpaired) electrons. The normalized spacial score (nSPS) is 12.3. The molecule has 1 heterocycles. The maximum atomic E-state index is 11.8. The molecule has 0 aliphatic rings. The van der Waals surface area contributed by atoms with E-state index in [2.05, 4.69) is 45.9 Å². The second-order valence-electron chi connectivity index (χ2n) is 7.41. The number of hydrogen-bond donors (Lipinski definition) is 1. The molecule has 0 bridgehead atoms. The molecular formula is C26H25N3O2. The lowest BCUT2D eigenvalue weighted by molar-refractivity contribution is -0.142. The number of methoxy groups -OCH3 is 1. The molecule has 31 heavy (non-hydrogen) atoms. The van der Waals surface area contributed by atoms with E-state index in [0.717, 1.165) is 22.4 Å². The minimum atomic E-state index is -0.757. The number of esters is 1. The molecule has 3 aromatic carbocycles. The van der Waals surface area contributed by atoms with Gasteiger partial charge in [0.05, 0.1) is 19.1 Å². The van der Waals surface area contributed by atoms with Crippen LogP contribution in [0.5, 0.6) is 0 Å². The number of benzene rings is 3. The van der Waals surface area contributed by atoms with Gasteiger partial charge in [-0.3, -0.25) is 4.79 Å². The standard InChI is InChI=1S/C26H25N3O2/c1-31-25(30)24(27)17-23-18-29(19-28-23)26(20-11-5-2-6-12-20,21-13-7-3-8-14-21)22-15-9-4-10-16-22/h2-16,18-19,24H,17,27H2,1H3. The number of ether oxygens (including phenoxy) is 1. The first-order valence-corrected chi connectivity index (χ1v) is 10.2. The summed E-state index contributed by atoms with van der Waals surface area (Å²) in [5, 5.41) is 0. The number of carbonyl (C=O) groups is 1. The van der Waals surface area contributed by atoms with Gasteiger partial charge in [0.2, 0.25) is 0 Å². The first-order chi connectivity index (χ1) is 15.2. The maximum Gasteiger partial charge on any atom is 0.323 e. The lowest BCUT2D eigenvalue weighted by atomic mass is 9.77. The molecule has 156 valence electrons. The van der Waals surface area contributed by atoms with Crippen LogP contribution in [0.1, 0.15) is 22.4 Å². The van der Waals surface area contributed by atoms with Gasteiger partial charge in [-0.05, 0) is 16.7 Å². The molecule has 2 N–H and O–H groups in total. The molecule has 0 aliphatic carbocycles. The van der Waals surface area contributed by atoms with Gasteiger partial charge in [0, 0.05) is 12.6 Å². The summed E-state index contributed by atoms with van der Waals surface area (Å²) in [4.78, 5) is 16.4. The van der Waals surface area contributed by atoms with Crippen molar-refractivity contribution in [2.45, 2.75) is 18.0 Å². The fraction of sp³-hybridized carbons (Fsp3) is 0.154. The molecule has 0 fully saturated rings. The van der Waals surface area contributed by atoms with Crippen molar-refractivity contribution >= 4 is 5.97 Å². The molecule has 0 saturated carbocycles. The van der Waals surface area contributed by atoms with Gasteiger partial charge in [0.25, 0.3) is 0 Å². The highest BCUT2D eigenvalue weighted by Crippen LogP contribution is 2.40. The zero-order valence-electron chi connectivity index (χ0n) is 17.4. The maximum absolute atomic E-state index is 11.8. The summed E-state index contributed by atoms with van der Waals surface area (Å²) in [6.45, 7) is 0. The smallest absolute Gasteiger partial charge is 0.323 e. The average Bonchev–Trinajstić information content (AvgIpc) is 3.29. The Kier molecular flexibility index (Phi) is 5.96. The van der Waals surface area contributed by atoms with Crippen molar-refractivity contribution in [3.63, 3.8) is 0 Å². The number of nitrogens with zero attached hydrogens (tertiary/aromatic N) is 2. The summed E-state index contributed by atoms with van der Waals surface area (Å²) in [6, 6.07) is 30.3. The third-order valence-corrected chi connectivity index (χ3v) is 5.53. The topological polar surface area (TPSA) is 70.1 Å². The molecular weight excluding hydrogens is 386 g/mol. The molecule has 0 spiro atoms. The van der Waals surface area contributed by atoms with Gasteiger partial charge in [-0.2, -0.15) is 0 Å². The fourth-order valence-electron chi connectivity index (χ4n) is 4.10. The summed E-state index contributed by atoms with van der Waals surface area (Å²) >= 11 is 0. The van der Waals surface area contributed by atoms with E-state index in [0.29, 0.717) is 6.42 Å². The number of aromatic nitrogens is 2. The van der Waals surface area contributed by atoms with E-state index in [1.54, 1.807) is 0 Å². The van der Waals surface area contributed by atoms with Crippen LogP contribution in [0, 0.1) is 0 Å². The Morgan fingerprint density at radius 3 is 1.77 bits per heavy atom. The Morgan fingerprint density at radius 1 is 0.903 bits per heavy atom. The molecule has 5 heteroatoms. The molecule has 4 rings (SSSR count). The van der Waals surface area contributed by atoms with Gasteiger partial charge in [0.1, 0.15) is 11.6 Å². The van der Waals surface area contributed by atoms with Gasteiger partial charge in [-0.25, -0.2) is 4.98 Å². The molecule has 1 unspecified atom stereocenters. The second-order valence-corrected chi connectivity index (χ2v) is 7.41. The van der Waals surface area contributed by atoms with E-state index < -0.39 is 17.6 Å². The summed E-state index contributed by atoms with van der Waals surface area (Å²) in [6.07, 6.45) is 4.08. The third-order valence-electron chi connectivity index (χ3n) is 5.53. The van der Waals surface area contributed by atoms with Crippen LogP contribution < -0.4 is 5.73 Å². The monoisotopic (exact) mass is 411 g/mol. The molecule has 1 atom stereocenters. The van der Waals surface area contributed by atoms with E-state index >= 15 is 0 Å². The lowest BCUT2D eigenvalue weighted by Gasteiger charge is -2.37. The van der Waals surface area contributed by atoms with Crippen molar-refractivity contribution in [1.29, 1.82) is 0 Å². The average molecular weight is 412 g/mol. The quantitative estimate of drug-likeness (QED) is 0.371. The van der Waals surface area contributed by atoms with E-state index in [1.807, 2.05) is 67.1 Å². The number of nitrogens with two attached hydrogens (primary N) is 1. The number of imidazole rings is 1. The van der Waals surface area contributed by atoms with Crippen LogP contribution in [0.4, 0.5) is 0 Å². The third kappa shape index (κ3) is 3.88. The Bertz CT molecular complexity index is 1030. The minimum absolute atomic E-state index is 0.300. The summed E-state index contributed by atoms with van der Waals surface area (Å²) in [7, 11) is 1.34. The Morgan fingerprint density at radius 2 is 1.35 bits per heavy atom. The zero-order valence-corrected chi connectivity index (χ0v) is 17.4. The zero-order chi connectivity index (χ0) is 21.7. The minimum Gasteiger partial charge on any atom is -0.468 e. The van der Waals surface area contributed by atoms with Crippen molar-refractivity contribution in [1.82, 2.24) is 9.55 Å². The molecule has 5 nitrogen and oxygen atoms in total. The van der Waals surface area contributed by atoms with Crippen LogP contribution in [0.2, 0.25) is 0 Å². The van der Waals surface area contributed by atoms with Gasteiger partial charge in [-0.15, -0.1) is 0 Å². The summed E-state index contributed by atoms with van der Waals surface area (Å²) < 4.78 is 6.87. The Balaban J connectivity index is 1.93. The van der Waals surface area contributed by atoms with Gasteiger partial charge in [-0.1, -0.05) is 91.0 Å². The van der Waals surface area contributed by atoms with Crippen molar-refractivity contribution in [2.24, 2.45) is 5.73 Å². The molecule has 4 aromatic rings. The molecule has 0 saturated heterocycles. The van der Waals surface area contributed by atoms with Crippen molar-refractivity contribution in [2.75, 3.05) is 7.11 Å². The van der Waals surface area contributed by atoms with Gasteiger partial charge < -0.3 is 15.0 Å². The van der Waals surface area contributed by atoms with Crippen LogP contribution in [0.3, 0.4) is 0 Å². The predicted octanol–water partition coefficient (Wildman–Crippen LogP) is 3.77. The number of hydrogen-bond acceptors (Lipinski definition) is 4. The van der Waals surface area contributed by atoms with Crippen molar-refractivity contribution in [3.05, 3.63) is 126 Å². The number of carbonyl (C=O) groups excluding carboxylic acids is 1. The SMILES string of the molecule is COC(=O)C(N)Cc1cn(C(c2ccccc2)(c2ccccc2)c2ccccc2)cn1. The Hall–Kier alpha value is -3.70. The van der Waals surface area contributed by atoms with E-state index in [4.69, 9.17) is 10.5 Å². The predicted molar refractivity (Wildman–Crippen MR) is 121 cm³/mol. The highest BCUT2D eigenvalue weighted by molar-refractivity contribution is 5.75. The van der Waals surface area contributed by atoms with Crippen molar-refractivity contribution < 1.29 is 9.53 Å². The molecule has 0 amide bonds. The first-order valence-electron chi connectivity index (χ1n) is 10.2. The number of rotatable bonds is 7. The fourth-order valence-corrected chi connectivity index (χ4v) is 4.10. The van der Waals surface area contributed by atoms with Crippen LogP contribution in [0.25, 0.3) is 0 Å². The van der Waals surface area contributed by atoms with E-state index in [-0.39, 0.29) is 0 Å². The van der Waals surface area contributed by atoms with Crippen molar-refractivity contribution in [3.8, 4) is 0 Å². The second kappa shape index (κ2) is 8.98. The highest BCUT2D eigenvalue weighted by Gasteiger charge is 2.38. The summed E-state index contributed by atoms with van der Waals surface area (Å²) in [5.74, 6) is -0.449. The van der Waals surface area contributed by atoms with Crippen LogP contribution in [-0.4, -0.2) is 28.7 Å². The van der Waals surface area contributed by atoms with Crippen LogP contribution >= 0.6 is 0 Å². The first kappa shape index (κ1) is 20.6. The molecule has 1 aromatic heterocycles. The van der Waals surface area contributed by atoms with E-state index in [9.17, 15) is 4.79 Å². The van der Waals surface area contributed by atoms with E-state index in [1.165, 1.54) is 7.11 Å². The lowest BCUT2D eigenvalue weighted by Crippen LogP contribution is -2.37. The van der Waals surface area contributed by atoms with Crippen LogP contribution in [-0.2, 0) is 21.5 Å². The summed E-state index contributed by atoms with van der Waals surface area (Å²) in [5.41, 5.74) is 9.40. The van der Waals surface area contributed by atoms with Gasteiger partial charge >= 0.3 is 5.97 Å². The Labute approximate surface area is 182 Å². The largest absolute Gasteiger partial charge is 0.468 e. The highest BCUT2D eigenvalue weighted by atomic mass is 16.5.